The minimum absolute atomic E-state index is 0.350. The number of aryl methyl sites for hydroxylation is 1. The van der Waals surface area contributed by atoms with Crippen LogP contribution in [0.25, 0.3) is 11.0 Å². The Bertz CT molecular complexity index is 941. The van der Waals surface area contributed by atoms with Crippen molar-refractivity contribution in [2.45, 2.75) is 48.7 Å². The predicted octanol–water partition coefficient (Wildman–Crippen LogP) is -3.94. The van der Waals surface area contributed by atoms with E-state index in [2.05, 4.69) is 10.6 Å². The molecule has 2 N–H and O–H groups in total. The normalized spacial score (nSPS) is 19.4. The number of fused-ring (bicyclic) bond motifs is 2. The first-order valence-corrected chi connectivity index (χ1v) is 11.3. The average molecular weight is 399 g/mol. The van der Waals surface area contributed by atoms with Gasteiger partial charge in [-0.1, -0.05) is 0 Å². The van der Waals surface area contributed by atoms with E-state index in [1.807, 2.05) is 53.1 Å². The zero-order valence-electron chi connectivity index (χ0n) is 19.3. The molecule has 0 aromatic carbocycles. The highest BCUT2D eigenvalue weighted by Crippen LogP contribution is 2.39. The number of nitrogens with zero attached hydrogens (tertiary/aromatic N) is 2. The molecule has 0 bridgehead atoms. The Balaban J connectivity index is 1.85. The molecule has 0 saturated carbocycles. The summed E-state index contributed by atoms with van der Waals surface area (Å²) in [5, 5.41) is 6.60. The second-order valence-corrected chi connectivity index (χ2v) is 10.5. The monoisotopic (exact) mass is 400 g/mol. The molecule has 0 amide bonds. The number of rotatable bonds is 6. The van der Waals surface area contributed by atoms with E-state index in [0.29, 0.717) is 17.7 Å². The van der Waals surface area contributed by atoms with Gasteiger partial charge in [0.15, 0.2) is 5.75 Å². The van der Waals surface area contributed by atoms with Crippen LogP contribution in [-0.4, -0.2) is 86.8 Å². The Labute approximate surface area is 184 Å². The molecule has 0 spiro atoms. The molecule has 1 fully saturated rings. The first-order valence-electron chi connectivity index (χ1n) is 11.3. The highest BCUT2D eigenvalue weighted by Gasteiger charge is 2.27. The first kappa shape index (κ1) is 21.5. The van der Waals surface area contributed by atoms with Crippen LogP contribution in [0.5, 0.6) is 11.6 Å². The Morgan fingerprint density at radius 3 is 2.43 bits per heavy atom. The molecule has 0 unspecified atom stereocenters. The standard InChI is InChI=1S/C18H30B6N4O2/c19-17(20,21)29-13-7-12-15(28-16(13)30-18(22,23)24)14(10-4-1-5-11(10)27-12)26-9-3-2-6-25-8-9/h7,9,25H,1-6,8,19-24H2,(H,26,27)/t9-/m1/s1. The topological polar surface area (TPSA) is 68.3 Å². The molecule has 1 aliphatic carbocycles. The maximum atomic E-state index is 6.25. The zero-order chi connectivity index (χ0) is 21.5. The largest absolute Gasteiger partial charge is 0.509 e. The molecule has 0 radical (unpaired) electrons. The van der Waals surface area contributed by atoms with E-state index in [4.69, 9.17) is 19.4 Å². The van der Waals surface area contributed by atoms with Gasteiger partial charge in [-0.15, -0.1) is 0 Å². The lowest BCUT2D eigenvalue weighted by Crippen LogP contribution is -2.40. The molecule has 3 heterocycles. The molecule has 152 valence electrons. The van der Waals surface area contributed by atoms with Crippen molar-refractivity contribution < 1.29 is 9.47 Å². The van der Waals surface area contributed by atoms with Crippen molar-refractivity contribution in [1.29, 1.82) is 0 Å². The number of anilines is 1. The molecular weight excluding hydrogens is 369 g/mol. The number of ether oxygens (including phenoxy) is 2. The molecule has 4 rings (SSSR count). The lowest BCUT2D eigenvalue weighted by molar-refractivity contribution is 0.258. The first-order chi connectivity index (χ1) is 14.1. The van der Waals surface area contributed by atoms with Crippen molar-refractivity contribution >= 4 is 63.8 Å². The van der Waals surface area contributed by atoms with Crippen LogP contribution in [0, 0.1) is 0 Å². The molecule has 1 aliphatic heterocycles. The molecule has 2 aliphatic rings. The van der Waals surface area contributed by atoms with Crippen LogP contribution in [0.2, 0.25) is 0 Å². The number of hydrogen-bond donors (Lipinski definition) is 2. The summed E-state index contributed by atoms with van der Waals surface area (Å²) in [7, 11) is 12.2. The Morgan fingerprint density at radius 2 is 1.77 bits per heavy atom. The van der Waals surface area contributed by atoms with E-state index >= 15 is 0 Å². The van der Waals surface area contributed by atoms with Gasteiger partial charge in [0.05, 0.1) is 11.2 Å². The minimum atomic E-state index is -0.373. The fourth-order valence-corrected chi connectivity index (χ4v) is 4.25. The summed E-state index contributed by atoms with van der Waals surface area (Å²) in [6, 6.07) is 2.42. The fourth-order valence-electron chi connectivity index (χ4n) is 4.25. The van der Waals surface area contributed by atoms with E-state index in [1.165, 1.54) is 24.1 Å². The fraction of sp³-hybridized carbons (Fsp3) is 0.556. The maximum Gasteiger partial charge on any atom is 0.256 e. The van der Waals surface area contributed by atoms with Gasteiger partial charge < -0.3 is 20.1 Å². The van der Waals surface area contributed by atoms with Gasteiger partial charge in [-0.3, -0.25) is 4.98 Å². The smallest absolute Gasteiger partial charge is 0.256 e. The second-order valence-electron chi connectivity index (χ2n) is 10.5. The molecule has 1 atom stereocenters. The number of aromatic nitrogens is 2. The van der Waals surface area contributed by atoms with Crippen LogP contribution in [0.15, 0.2) is 6.07 Å². The predicted molar refractivity (Wildman–Crippen MR) is 139 cm³/mol. The quantitative estimate of drug-likeness (QED) is 0.484. The zero-order valence-corrected chi connectivity index (χ0v) is 19.3. The Kier molecular flexibility index (Phi) is 5.82. The minimum Gasteiger partial charge on any atom is -0.509 e. The van der Waals surface area contributed by atoms with Gasteiger partial charge in [0, 0.05) is 34.9 Å². The van der Waals surface area contributed by atoms with Crippen molar-refractivity contribution in [1.82, 2.24) is 15.3 Å². The van der Waals surface area contributed by atoms with E-state index in [0.717, 1.165) is 49.1 Å². The van der Waals surface area contributed by atoms with E-state index in [-0.39, 0.29) is 10.6 Å². The van der Waals surface area contributed by atoms with Crippen LogP contribution < -0.4 is 20.1 Å². The SMILES string of the molecule is BC(B)(B)Oc1cc2nc3c(c(N[C@@H]4CCCNC4)c2nc1OC(B)(B)B)CCC3. The second kappa shape index (κ2) is 8.10. The molecule has 1 saturated heterocycles. The molecular formula is C18H30B6N4O2. The number of nitrogens with one attached hydrogen (secondary N) is 2. The number of piperidine rings is 1. The third-order valence-corrected chi connectivity index (χ3v) is 5.38. The molecule has 6 nitrogen and oxygen atoms in total. The van der Waals surface area contributed by atoms with E-state index in [9.17, 15) is 0 Å². The van der Waals surface area contributed by atoms with Gasteiger partial charge in [0.1, 0.15) is 52.6 Å². The molecule has 12 heteroatoms. The number of pyridine rings is 2. The summed E-state index contributed by atoms with van der Waals surface area (Å²) >= 11 is 0. The van der Waals surface area contributed by atoms with E-state index < -0.39 is 0 Å². The van der Waals surface area contributed by atoms with Gasteiger partial charge in [-0.25, -0.2) is 4.98 Å². The van der Waals surface area contributed by atoms with Crippen LogP contribution in [0.3, 0.4) is 0 Å². The highest BCUT2D eigenvalue weighted by atomic mass is 16.5. The summed E-state index contributed by atoms with van der Waals surface area (Å²) in [6.07, 6.45) is 5.59. The van der Waals surface area contributed by atoms with Gasteiger partial charge in [0.2, 0.25) is 0 Å². The Morgan fingerprint density at radius 1 is 1.00 bits per heavy atom. The molecule has 2 aromatic rings. The molecule has 30 heavy (non-hydrogen) atoms. The highest BCUT2D eigenvalue weighted by molar-refractivity contribution is 6.59. The summed E-state index contributed by atoms with van der Waals surface area (Å²) in [6.45, 7) is 2.08. The lowest BCUT2D eigenvalue weighted by atomic mass is 9.52. The number of hydrogen-bond acceptors (Lipinski definition) is 6. The van der Waals surface area contributed by atoms with Gasteiger partial charge >= 0.3 is 0 Å². The van der Waals surface area contributed by atoms with Crippen LogP contribution >= 0.6 is 0 Å². The molecule has 2 aromatic heterocycles. The van der Waals surface area contributed by atoms with Gasteiger partial charge in [-0.2, -0.15) is 0 Å². The van der Waals surface area contributed by atoms with Crippen molar-refractivity contribution in [2.24, 2.45) is 0 Å². The van der Waals surface area contributed by atoms with Gasteiger partial charge in [0.25, 0.3) is 5.88 Å². The van der Waals surface area contributed by atoms with Crippen LogP contribution in [-0.2, 0) is 12.8 Å². The van der Waals surface area contributed by atoms with E-state index in [1.54, 1.807) is 0 Å². The van der Waals surface area contributed by atoms with Crippen molar-refractivity contribution in [3.05, 3.63) is 17.3 Å². The summed E-state index contributed by atoms with van der Waals surface area (Å²) < 4.78 is 12.5. The van der Waals surface area contributed by atoms with Gasteiger partial charge in [-0.05, 0) is 44.2 Å². The third-order valence-electron chi connectivity index (χ3n) is 5.38. The summed E-state index contributed by atoms with van der Waals surface area (Å²) in [4.78, 5) is 9.98. The van der Waals surface area contributed by atoms with Crippen molar-refractivity contribution in [2.75, 3.05) is 18.4 Å². The summed E-state index contributed by atoms with van der Waals surface area (Å²) in [5.74, 6) is 1.19. The maximum absolute atomic E-state index is 6.25. The Hall–Kier alpha value is -1.69. The van der Waals surface area contributed by atoms with Crippen LogP contribution in [0.4, 0.5) is 5.69 Å². The van der Waals surface area contributed by atoms with Crippen molar-refractivity contribution in [3.8, 4) is 11.6 Å². The summed E-state index contributed by atoms with van der Waals surface area (Å²) in [5.41, 5.74) is 5.43. The third kappa shape index (κ3) is 4.96. The van der Waals surface area contributed by atoms with Crippen molar-refractivity contribution in [3.63, 3.8) is 0 Å². The van der Waals surface area contributed by atoms with Crippen LogP contribution in [0.1, 0.15) is 30.5 Å². The average Bonchev–Trinajstić information content (AvgIpc) is 3.09. The lowest BCUT2D eigenvalue weighted by Gasteiger charge is -2.29.